The third kappa shape index (κ3) is 5.02. The maximum absolute atomic E-state index is 13.8. The second-order valence-electron chi connectivity index (χ2n) is 8.68. The Morgan fingerprint density at radius 2 is 2.10 bits per heavy atom. The molecule has 1 saturated heterocycles. The van der Waals surface area contributed by atoms with E-state index in [1.54, 1.807) is 17.8 Å². The number of anilines is 1. The molecular formula is C19H27F2N7O2. The van der Waals surface area contributed by atoms with E-state index in [0.29, 0.717) is 34.9 Å². The molecule has 3 rings (SSSR count). The fourth-order valence-corrected chi connectivity index (χ4v) is 2.98. The number of alkyl halides is 2. The molecule has 2 aromatic heterocycles. The van der Waals surface area contributed by atoms with Crippen molar-refractivity contribution in [1.29, 1.82) is 0 Å². The van der Waals surface area contributed by atoms with Gasteiger partial charge in [-0.15, -0.1) is 5.90 Å². The molecule has 0 unspecified atom stereocenters. The lowest BCUT2D eigenvalue weighted by atomic mass is 9.99. The van der Waals surface area contributed by atoms with Crippen molar-refractivity contribution < 1.29 is 18.5 Å². The first-order valence-electron chi connectivity index (χ1n) is 9.56. The molecule has 2 N–H and O–H groups in total. The number of rotatable bonds is 7. The summed E-state index contributed by atoms with van der Waals surface area (Å²) < 4.78 is 35.2. The molecule has 164 valence electrons. The summed E-state index contributed by atoms with van der Waals surface area (Å²) in [4.78, 5) is 19.2. The summed E-state index contributed by atoms with van der Waals surface area (Å²) in [5, 5.41) is 3.78. The first kappa shape index (κ1) is 21.9. The third-order valence-electron chi connectivity index (χ3n) is 4.50. The van der Waals surface area contributed by atoms with Crippen LogP contribution in [-0.4, -0.2) is 50.8 Å². The van der Waals surface area contributed by atoms with E-state index in [-0.39, 0.29) is 30.9 Å². The average Bonchev–Trinajstić information content (AvgIpc) is 3.21. The van der Waals surface area contributed by atoms with Crippen molar-refractivity contribution in [3.05, 3.63) is 18.5 Å². The molecule has 0 atom stereocenters. The highest BCUT2D eigenvalue weighted by Gasteiger charge is 2.40. The zero-order chi connectivity index (χ0) is 22.1. The second-order valence-corrected chi connectivity index (χ2v) is 8.68. The van der Waals surface area contributed by atoms with E-state index in [1.165, 1.54) is 4.90 Å². The van der Waals surface area contributed by atoms with E-state index < -0.39 is 12.5 Å². The topological polar surface area (TPSA) is 104 Å². The first-order chi connectivity index (χ1) is 14.0. The van der Waals surface area contributed by atoms with Crippen molar-refractivity contribution in [2.75, 3.05) is 24.6 Å². The maximum Gasteiger partial charge on any atom is 0.320 e. The summed E-state index contributed by atoms with van der Waals surface area (Å²) in [5.41, 5.74) is 1.86. The highest BCUT2D eigenvalue weighted by Crippen LogP contribution is 2.34. The zero-order valence-corrected chi connectivity index (χ0v) is 17.7. The Balaban J connectivity index is 2.04. The van der Waals surface area contributed by atoms with Gasteiger partial charge in [0.15, 0.2) is 17.0 Å². The van der Waals surface area contributed by atoms with Crippen LogP contribution in [0.3, 0.4) is 0 Å². The fraction of sp³-hybridized carbons (Fsp3) is 0.579. The molecule has 0 aromatic carbocycles. The third-order valence-corrected chi connectivity index (χ3v) is 4.50. The van der Waals surface area contributed by atoms with Gasteiger partial charge >= 0.3 is 6.01 Å². The summed E-state index contributed by atoms with van der Waals surface area (Å²) in [6.07, 6.45) is 1.30. The van der Waals surface area contributed by atoms with Crippen LogP contribution in [0.5, 0.6) is 6.01 Å². The standard InChI is InChI=1S/C19H27F2N7O2/c1-12(2)13(26-30-22)8-28-11-23-14-15(27-7-6-19(20,21)9-27)24-17(25-16(14)28)29-10-18(3,4)5/h11H,1,6-10,22H2,2-5H3/b26-13-. The van der Waals surface area contributed by atoms with Gasteiger partial charge in [-0.2, -0.15) is 9.97 Å². The average molecular weight is 423 g/mol. The number of hydrogen-bond donors (Lipinski definition) is 1. The zero-order valence-electron chi connectivity index (χ0n) is 17.7. The smallest absolute Gasteiger partial charge is 0.320 e. The molecule has 1 aliphatic heterocycles. The molecule has 0 spiro atoms. The van der Waals surface area contributed by atoms with Gasteiger partial charge in [0.2, 0.25) is 0 Å². The van der Waals surface area contributed by atoms with Gasteiger partial charge in [-0.1, -0.05) is 32.5 Å². The number of nitrogens with zero attached hydrogens (tertiary/aromatic N) is 6. The number of oxime groups is 1. The van der Waals surface area contributed by atoms with E-state index in [9.17, 15) is 8.78 Å². The van der Waals surface area contributed by atoms with Crippen molar-refractivity contribution in [2.45, 2.75) is 46.6 Å². The van der Waals surface area contributed by atoms with Crippen LogP contribution < -0.4 is 15.5 Å². The van der Waals surface area contributed by atoms with Crippen LogP contribution in [0.2, 0.25) is 0 Å². The SMILES string of the molecule is C=C(C)/C(Cn1cnc2c(N3CCC(F)(F)C3)nc(OCC(C)(C)C)nc21)=N\ON. The van der Waals surface area contributed by atoms with E-state index in [1.807, 2.05) is 20.8 Å². The Morgan fingerprint density at radius 1 is 1.37 bits per heavy atom. The fourth-order valence-electron chi connectivity index (χ4n) is 2.98. The number of allylic oxidation sites excluding steroid dienone is 1. The molecule has 0 saturated carbocycles. The van der Waals surface area contributed by atoms with Crippen LogP contribution in [-0.2, 0) is 11.5 Å². The maximum atomic E-state index is 13.8. The molecule has 9 nitrogen and oxygen atoms in total. The Kier molecular flexibility index (Phi) is 5.93. The lowest BCUT2D eigenvalue weighted by Gasteiger charge is -2.20. The molecule has 0 radical (unpaired) electrons. The lowest BCUT2D eigenvalue weighted by molar-refractivity contribution is 0.0257. The monoisotopic (exact) mass is 423 g/mol. The molecule has 0 bridgehead atoms. The molecule has 1 fully saturated rings. The minimum Gasteiger partial charge on any atom is -0.463 e. The Hall–Kier alpha value is -2.82. The highest BCUT2D eigenvalue weighted by atomic mass is 19.3. The van der Waals surface area contributed by atoms with Gasteiger partial charge in [-0.3, -0.25) is 0 Å². The van der Waals surface area contributed by atoms with E-state index in [0.717, 1.165) is 0 Å². The van der Waals surface area contributed by atoms with E-state index in [4.69, 9.17) is 10.6 Å². The predicted octanol–water partition coefficient (Wildman–Crippen LogP) is 2.92. The van der Waals surface area contributed by atoms with Gasteiger partial charge in [0, 0.05) is 13.0 Å². The summed E-state index contributed by atoms with van der Waals surface area (Å²) in [5.74, 6) is 2.62. The molecule has 1 aliphatic rings. The minimum atomic E-state index is -2.77. The van der Waals surface area contributed by atoms with Crippen LogP contribution in [0.15, 0.2) is 23.6 Å². The summed E-state index contributed by atoms with van der Waals surface area (Å²) in [7, 11) is 0. The van der Waals surface area contributed by atoms with Crippen LogP contribution >= 0.6 is 0 Å². The van der Waals surface area contributed by atoms with Crippen molar-refractivity contribution in [1.82, 2.24) is 19.5 Å². The van der Waals surface area contributed by atoms with Gasteiger partial charge in [-0.25, -0.2) is 13.8 Å². The molecule has 0 aliphatic carbocycles. The summed E-state index contributed by atoms with van der Waals surface area (Å²) in [6, 6.07) is 0.105. The molecular weight excluding hydrogens is 396 g/mol. The Labute approximate surface area is 173 Å². The number of hydrogen-bond acceptors (Lipinski definition) is 8. The van der Waals surface area contributed by atoms with Crippen LogP contribution in [0.4, 0.5) is 14.6 Å². The number of ether oxygens (including phenoxy) is 1. The summed E-state index contributed by atoms with van der Waals surface area (Å²) in [6.45, 7) is 12.0. The normalized spacial score (nSPS) is 16.9. The number of imidazole rings is 1. The largest absolute Gasteiger partial charge is 0.463 e. The number of aromatic nitrogens is 4. The number of nitrogens with two attached hydrogens (primary N) is 1. The first-order valence-corrected chi connectivity index (χ1v) is 9.56. The minimum absolute atomic E-state index is 0.105. The van der Waals surface area contributed by atoms with Gasteiger partial charge in [0.1, 0.15) is 5.71 Å². The molecule has 0 amide bonds. The second kappa shape index (κ2) is 8.13. The lowest BCUT2D eigenvalue weighted by Crippen LogP contribution is -2.26. The van der Waals surface area contributed by atoms with Crippen LogP contribution in [0, 0.1) is 5.41 Å². The van der Waals surface area contributed by atoms with Crippen LogP contribution in [0.25, 0.3) is 11.2 Å². The number of fused-ring (bicyclic) bond motifs is 1. The Bertz CT molecular complexity index is 966. The van der Waals surface area contributed by atoms with Crippen molar-refractivity contribution in [3.63, 3.8) is 0 Å². The van der Waals surface area contributed by atoms with Gasteiger partial charge in [0.25, 0.3) is 5.92 Å². The Morgan fingerprint density at radius 3 is 2.67 bits per heavy atom. The quantitative estimate of drug-likeness (QED) is 0.539. The van der Waals surface area contributed by atoms with Gasteiger partial charge in [-0.05, 0) is 17.9 Å². The van der Waals surface area contributed by atoms with E-state index in [2.05, 4.69) is 31.6 Å². The van der Waals surface area contributed by atoms with Crippen molar-refractivity contribution in [3.8, 4) is 6.01 Å². The molecule has 2 aromatic rings. The van der Waals surface area contributed by atoms with Crippen molar-refractivity contribution in [2.24, 2.45) is 16.5 Å². The molecule has 3 heterocycles. The molecule has 11 heteroatoms. The predicted molar refractivity (Wildman–Crippen MR) is 110 cm³/mol. The summed E-state index contributed by atoms with van der Waals surface area (Å²) >= 11 is 0. The van der Waals surface area contributed by atoms with Gasteiger partial charge in [0.05, 0.1) is 26.0 Å². The van der Waals surface area contributed by atoms with E-state index >= 15 is 0 Å². The van der Waals surface area contributed by atoms with Crippen LogP contribution in [0.1, 0.15) is 34.1 Å². The molecule has 30 heavy (non-hydrogen) atoms. The van der Waals surface area contributed by atoms with Crippen molar-refractivity contribution >= 4 is 22.7 Å². The van der Waals surface area contributed by atoms with Gasteiger partial charge < -0.3 is 19.1 Å². The highest BCUT2D eigenvalue weighted by molar-refractivity contribution is 5.99. The number of halogens is 2.